The van der Waals surface area contributed by atoms with Crippen molar-refractivity contribution in [3.63, 3.8) is 0 Å². The van der Waals surface area contributed by atoms with Gasteiger partial charge < -0.3 is 15.4 Å². The van der Waals surface area contributed by atoms with E-state index >= 15 is 0 Å². The molecule has 1 aliphatic heterocycles. The highest BCUT2D eigenvalue weighted by Gasteiger charge is 2.20. The van der Waals surface area contributed by atoms with Crippen LogP contribution in [0.2, 0.25) is 0 Å². The first kappa shape index (κ1) is 19.9. The molecule has 2 N–H and O–H groups in total. The van der Waals surface area contributed by atoms with E-state index in [1.54, 1.807) is 4.52 Å². The molecule has 0 fully saturated rings. The molecule has 1 unspecified atom stereocenters. The summed E-state index contributed by atoms with van der Waals surface area (Å²) in [6, 6.07) is 9.38. The maximum atomic E-state index is 13.9. The molecule has 0 spiro atoms. The molecule has 0 saturated heterocycles. The number of aromatic nitrogens is 4. The molecular formula is C23H21FN6O2. The molecule has 4 heterocycles. The molecule has 5 rings (SSSR count). The summed E-state index contributed by atoms with van der Waals surface area (Å²) in [6.07, 6.45) is 4.07. The zero-order chi connectivity index (χ0) is 22.2. The Labute approximate surface area is 183 Å². The van der Waals surface area contributed by atoms with Crippen LogP contribution in [-0.2, 0) is 6.54 Å². The first-order valence-electron chi connectivity index (χ1n) is 10.3. The number of anilines is 1. The number of nitrogens with one attached hydrogen (secondary N) is 2. The van der Waals surface area contributed by atoms with E-state index in [2.05, 4.69) is 20.7 Å². The van der Waals surface area contributed by atoms with Crippen molar-refractivity contribution in [1.82, 2.24) is 24.9 Å². The number of carbonyl (C=O) groups excluding carboxylic acids is 1. The average molecular weight is 432 g/mol. The second-order valence-electron chi connectivity index (χ2n) is 7.81. The number of amides is 1. The molecule has 2 bridgehead atoms. The van der Waals surface area contributed by atoms with Gasteiger partial charge in [0.1, 0.15) is 23.3 Å². The Kier molecular flexibility index (Phi) is 4.93. The number of fused-ring (bicyclic) bond motifs is 2. The average Bonchev–Trinajstić information content (AvgIpc) is 3.19. The number of aryl methyl sites for hydroxylation is 1. The second kappa shape index (κ2) is 7.92. The van der Waals surface area contributed by atoms with Gasteiger partial charge in [-0.05, 0) is 25.5 Å². The van der Waals surface area contributed by atoms with E-state index < -0.39 is 5.82 Å². The lowest BCUT2D eigenvalue weighted by atomic mass is 10.1. The van der Waals surface area contributed by atoms with Crippen molar-refractivity contribution in [2.45, 2.75) is 26.5 Å². The maximum Gasteiger partial charge on any atom is 0.256 e. The molecule has 9 heteroatoms. The number of benzene rings is 1. The number of halogens is 1. The van der Waals surface area contributed by atoms with Crippen molar-refractivity contribution in [2.24, 2.45) is 0 Å². The van der Waals surface area contributed by atoms with Gasteiger partial charge in [-0.25, -0.2) is 18.9 Å². The largest absolute Gasteiger partial charge is 0.473 e. The third-order valence-electron chi connectivity index (χ3n) is 5.27. The highest BCUT2D eigenvalue weighted by Crippen LogP contribution is 2.30. The van der Waals surface area contributed by atoms with Crippen molar-refractivity contribution < 1.29 is 13.9 Å². The van der Waals surface area contributed by atoms with Crippen LogP contribution < -0.4 is 15.4 Å². The van der Waals surface area contributed by atoms with Gasteiger partial charge in [-0.3, -0.25) is 4.79 Å². The fourth-order valence-corrected chi connectivity index (χ4v) is 3.67. The van der Waals surface area contributed by atoms with E-state index in [1.165, 1.54) is 12.3 Å². The molecule has 32 heavy (non-hydrogen) atoms. The van der Waals surface area contributed by atoms with Crippen molar-refractivity contribution in [1.29, 1.82) is 0 Å². The van der Waals surface area contributed by atoms with Crippen molar-refractivity contribution >= 4 is 17.4 Å². The lowest BCUT2D eigenvalue weighted by molar-refractivity contribution is 0.0932. The SMILES string of the molecule is Cc1cccc(-c2cn3ncc4c3nc2NCc2cc(F)cnc2OC(C)CNC4=O)c1. The van der Waals surface area contributed by atoms with Crippen LogP contribution in [-0.4, -0.2) is 38.1 Å². The summed E-state index contributed by atoms with van der Waals surface area (Å²) < 4.78 is 21.4. The highest BCUT2D eigenvalue weighted by molar-refractivity contribution is 6.00. The summed E-state index contributed by atoms with van der Waals surface area (Å²) in [4.78, 5) is 21.6. The third-order valence-corrected chi connectivity index (χ3v) is 5.27. The van der Waals surface area contributed by atoms with E-state index in [-0.39, 0.29) is 25.1 Å². The molecule has 3 aromatic heterocycles. The fraction of sp³-hybridized carbons (Fsp3) is 0.217. The van der Waals surface area contributed by atoms with Gasteiger partial charge in [0.25, 0.3) is 5.91 Å². The Morgan fingerprint density at radius 3 is 2.91 bits per heavy atom. The van der Waals surface area contributed by atoms with Gasteiger partial charge in [0, 0.05) is 23.9 Å². The Bertz CT molecular complexity index is 1340. The van der Waals surface area contributed by atoms with Crippen molar-refractivity contribution in [3.05, 3.63) is 71.4 Å². The highest BCUT2D eigenvalue weighted by atomic mass is 19.1. The number of hydrogen-bond acceptors (Lipinski definition) is 6. The van der Waals surface area contributed by atoms with Gasteiger partial charge in [0.2, 0.25) is 5.88 Å². The molecule has 4 aromatic rings. The molecule has 1 aliphatic rings. The van der Waals surface area contributed by atoms with Gasteiger partial charge in [0.05, 0.1) is 18.9 Å². The summed E-state index contributed by atoms with van der Waals surface area (Å²) in [7, 11) is 0. The van der Waals surface area contributed by atoms with E-state index in [1.807, 2.05) is 44.3 Å². The number of pyridine rings is 1. The molecule has 1 atom stereocenters. The van der Waals surface area contributed by atoms with Crippen molar-refractivity contribution in [3.8, 4) is 17.0 Å². The second-order valence-corrected chi connectivity index (χ2v) is 7.81. The Hall–Kier alpha value is -4.01. The Balaban J connectivity index is 1.67. The quantitative estimate of drug-likeness (QED) is 0.479. The predicted octanol–water partition coefficient (Wildman–Crippen LogP) is 3.36. The maximum absolute atomic E-state index is 13.9. The fourth-order valence-electron chi connectivity index (χ4n) is 3.67. The van der Waals surface area contributed by atoms with E-state index in [0.717, 1.165) is 22.9 Å². The number of nitrogens with zero attached hydrogens (tertiary/aromatic N) is 4. The summed E-state index contributed by atoms with van der Waals surface area (Å²) in [6.45, 7) is 4.30. The molecule has 1 amide bonds. The van der Waals surface area contributed by atoms with Crippen LogP contribution in [0.15, 0.2) is 48.9 Å². The van der Waals surface area contributed by atoms with Crippen LogP contribution in [0.25, 0.3) is 16.8 Å². The van der Waals surface area contributed by atoms with Crippen LogP contribution in [0.5, 0.6) is 5.88 Å². The zero-order valence-corrected chi connectivity index (χ0v) is 17.6. The summed E-state index contributed by atoms with van der Waals surface area (Å²) in [5.41, 5.74) is 4.16. The molecular weight excluding hydrogens is 411 g/mol. The van der Waals surface area contributed by atoms with Gasteiger partial charge in [-0.2, -0.15) is 5.10 Å². The van der Waals surface area contributed by atoms with Crippen LogP contribution in [0.4, 0.5) is 10.2 Å². The van der Waals surface area contributed by atoms with Crippen molar-refractivity contribution in [2.75, 3.05) is 11.9 Å². The zero-order valence-electron chi connectivity index (χ0n) is 17.6. The minimum atomic E-state index is -0.459. The molecule has 8 nitrogen and oxygen atoms in total. The van der Waals surface area contributed by atoms with E-state index in [9.17, 15) is 9.18 Å². The summed E-state index contributed by atoms with van der Waals surface area (Å²) >= 11 is 0. The lowest BCUT2D eigenvalue weighted by Gasteiger charge is -2.17. The van der Waals surface area contributed by atoms with Crippen LogP contribution in [0.1, 0.15) is 28.4 Å². The number of carbonyl (C=O) groups is 1. The number of ether oxygens (including phenoxy) is 1. The standard InChI is InChI=1S/C23H21FN6O2/c1-13-4-3-5-15(6-13)19-12-30-21-18(11-28-30)22(31)26-8-14(2)32-23-16(7-17(24)10-27-23)9-25-20(19)29-21/h3-7,10-12,14H,8-9H2,1-2H3,(H,25,29)(H,26,31). The topological polar surface area (TPSA) is 93.4 Å². The minimum absolute atomic E-state index is 0.236. The molecule has 162 valence electrons. The summed E-state index contributed by atoms with van der Waals surface area (Å²) in [5, 5.41) is 10.5. The lowest BCUT2D eigenvalue weighted by Crippen LogP contribution is -2.33. The van der Waals surface area contributed by atoms with Gasteiger partial charge >= 0.3 is 0 Å². The molecule has 0 saturated carbocycles. The molecule has 1 aromatic carbocycles. The van der Waals surface area contributed by atoms with Gasteiger partial charge in [-0.15, -0.1) is 0 Å². The van der Waals surface area contributed by atoms with Crippen LogP contribution in [0.3, 0.4) is 0 Å². The third kappa shape index (κ3) is 3.73. The predicted molar refractivity (Wildman–Crippen MR) is 117 cm³/mol. The van der Waals surface area contributed by atoms with Crippen LogP contribution >= 0.6 is 0 Å². The van der Waals surface area contributed by atoms with Gasteiger partial charge in [0.15, 0.2) is 5.65 Å². The summed E-state index contributed by atoms with van der Waals surface area (Å²) in [5.74, 6) is 0.0878. The number of rotatable bonds is 1. The first-order chi connectivity index (χ1) is 15.5. The van der Waals surface area contributed by atoms with E-state index in [0.29, 0.717) is 28.5 Å². The smallest absolute Gasteiger partial charge is 0.256 e. The van der Waals surface area contributed by atoms with Crippen LogP contribution in [0, 0.1) is 12.7 Å². The Morgan fingerprint density at radius 2 is 2.06 bits per heavy atom. The van der Waals surface area contributed by atoms with E-state index in [4.69, 9.17) is 9.72 Å². The normalized spacial score (nSPS) is 16.2. The number of hydrogen-bond donors (Lipinski definition) is 2. The minimum Gasteiger partial charge on any atom is -0.473 e. The molecule has 0 radical (unpaired) electrons. The first-order valence-corrected chi connectivity index (χ1v) is 10.3. The monoisotopic (exact) mass is 432 g/mol. The van der Waals surface area contributed by atoms with Gasteiger partial charge in [-0.1, -0.05) is 29.8 Å². The molecule has 0 aliphatic carbocycles. The Morgan fingerprint density at radius 1 is 1.19 bits per heavy atom.